The summed E-state index contributed by atoms with van der Waals surface area (Å²) in [5, 5.41) is 3.23. The number of nitrogens with zero attached hydrogens (tertiary/aromatic N) is 3. The Bertz CT molecular complexity index is 1580. The number of carbonyl (C=O) groups is 1. The number of piperidine rings is 1. The van der Waals surface area contributed by atoms with E-state index < -0.39 is 25.3 Å². The number of hydrogen-bond acceptors (Lipinski definition) is 6. The van der Waals surface area contributed by atoms with Crippen LogP contribution in [-0.4, -0.2) is 92.0 Å². The lowest BCUT2D eigenvalue weighted by molar-refractivity contribution is 0.118. The number of benzene rings is 1. The van der Waals surface area contributed by atoms with Gasteiger partial charge in [0.1, 0.15) is 9.84 Å². The van der Waals surface area contributed by atoms with Crippen molar-refractivity contribution in [3.8, 4) is 0 Å². The van der Waals surface area contributed by atoms with E-state index in [1.807, 2.05) is 0 Å². The Kier molecular flexibility index (Phi) is 8.18. The standard InChI is InChI=1S/C32H47N5O5S2/c1-30(2)25-9-12-32(30,22-44(41,42)37-16-13-31(14-17-37)11-8-24-6-4-5-7-27(24)31)28(20-25)35-29(38)36(18-19-43(3,39)40)15-10-26-21-33-23-34-26/h4-7,21,23,25,28H,8-20,22H2,1-3H3,(H,33,34)(H,35,38)/t25-,28+,32-/m1/s1. The Labute approximate surface area is 262 Å². The Morgan fingerprint density at radius 3 is 2.52 bits per heavy atom. The minimum Gasteiger partial charge on any atom is -0.348 e. The van der Waals surface area contributed by atoms with E-state index in [9.17, 15) is 21.6 Å². The van der Waals surface area contributed by atoms with E-state index in [-0.39, 0.29) is 41.0 Å². The van der Waals surface area contributed by atoms with Crippen LogP contribution in [0.3, 0.4) is 0 Å². The van der Waals surface area contributed by atoms with E-state index >= 15 is 0 Å². The van der Waals surface area contributed by atoms with Crippen LogP contribution in [0.25, 0.3) is 0 Å². The Morgan fingerprint density at radius 2 is 1.84 bits per heavy atom. The zero-order chi connectivity index (χ0) is 31.4. The molecule has 1 spiro atoms. The lowest BCUT2D eigenvalue weighted by atomic mass is 9.69. The number of aromatic nitrogens is 2. The number of imidazole rings is 1. The molecule has 44 heavy (non-hydrogen) atoms. The molecule has 4 aliphatic rings. The summed E-state index contributed by atoms with van der Waals surface area (Å²) in [4.78, 5) is 22.4. The first-order valence-corrected chi connectivity index (χ1v) is 19.7. The fourth-order valence-corrected chi connectivity index (χ4v) is 11.9. The van der Waals surface area contributed by atoms with Crippen LogP contribution < -0.4 is 5.32 Å². The number of H-pyrrole nitrogens is 1. The molecule has 2 amide bonds. The molecule has 6 rings (SSSR count). The van der Waals surface area contributed by atoms with Crippen molar-refractivity contribution in [3.05, 3.63) is 53.6 Å². The predicted octanol–water partition coefficient (Wildman–Crippen LogP) is 3.51. The van der Waals surface area contributed by atoms with Crippen LogP contribution in [0.1, 0.15) is 69.2 Å². The van der Waals surface area contributed by atoms with Gasteiger partial charge in [-0.3, -0.25) is 0 Å². The summed E-state index contributed by atoms with van der Waals surface area (Å²) in [7, 11) is -6.86. The quantitative estimate of drug-likeness (QED) is 0.407. The maximum atomic E-state index is 14.2. The molecular formula is C32H47N5O5S2. The number of sulfone groups is 1. The van der Waals surface area contributed by atoms with Crippen molar-refractivity contribution in [2.45, 2.75) is 76.7 Å². The molecular weight excluding hydrogens is 599 g/mol. The van der Waals surface area contributed by atoms with Gasteiger partial charge in [-0.25, -0.2) is 30.9 Å². The molecule has 3 atom stereocenters. The van der Waals surface area contributed by atoms with E-state index in [2.05, 4.69) is 53.4 Å². The lowest BCUT2D eigenvalue weighted by Crippen LogP contribution is -2.57. The van der Waals surface area contributed by atoms with Crippen LogP contribution in [0.15, 0.2) is 36.8 Å². The largest absolute Gasteiger partial charge is 0.348 e. The van der Waals surface area contributed by atoms with Gasteiger partial charge in [-0.15, -0.1) is 0 Å². The van der Waals surface area contributed by atoms with Crippen LogP contribution >= 0.6 is 0 Å². The summed E-state index contributed by atoms with van der Waals surface area (Å²) in [6.07, 6.45) is 11.2. The third-order valence-electron chi connectivity index (χ3n) is 11.9. The smallest absolute Gasteiger partial charge is 0.317 e. The highest BCUT2D eigenvalue weighted by Crippen LogP contribution is 2.66. The van der Waals surface area contributed by atoms with Gasteiger partial charge in [0.2, 0.25) is 10.0 Å². The summed E-state index contributed by atoms with van der Waals surface area (Å²) in [5.74, 6) is 0.204. The molecule has 2 saturated carbocycles. The Morgan fingerprint density at radius 1 is 1.09 bits per heavy atom. The van der Waals surface area contributed by atoms with Crippen molar-refractivity contribution in [1.82, 2.24) is 24.5 Å². The molecule has 1 aromatic heterocycles. The fourth-order valence-electron chi connectivity index (χ4n) is 9.02. The molecule has 10 nitrogen and oxygen atoms in total. The van der Waals surface area contributed by atoms with Gasteiger partial charge in [0.25, 0.3) is 0 Å². The molecule has 3 aliphatic carbocycles. The number of amides is 2. The van der Waals surface area contributed by atoms with E-state index in [4.69, 9.17) is 0 Å². The number of sulfonamides is 1. The van der Waals surface area contributed by atoms with E-state index in [1.54, 1.807) is 21.7 Å². The molecule has 1 aromatic carbocycles. The first-order chi connectivity index (χ1) is 20.7. The second-order valence-corrected chi connectivity index (χ2v) is 18.6. The van der Waals surface area contributed by atoms with Gasteiger partial charge in [0.15, 0.2) is 0 Å². The Balaban J connectivity index is 1.17. The summed E-state index contributed by atoms with van der Waals surface area (Å²) in [6.45, 7) is 5.80. The van der Waals surface area contributed by atoms with Crippen LogP contribution in [-0.2, 0) is 38.1 Å². The normalized spacial score (nSPS) is 27.4. The number of nitrogens with one attached hydrogen (secondary N) is 2. The highest BCUT2D eigenvalue weighted by Gasteiger charge is 2.66. The van der Waals surface area contributed by atoms with Gasteiger partial charge >= 0.3 is 6.03 Å². The molecule has 2 heterocycles. The van der Waals surface area contributed by atoms with Gasteiger partial charge in [-0.05, 0) is 72.8 Å². The molecule has 2 N–H and O–H groups in total. The predicted molar refractivity (Wildman–Crippen MR) is 170 cm³/mol. The summed E-state index contributed by atoms with van der Waals surface area (Å²) in [5.41, 5.74) is 2.90. The fraction of sp³-hybridized carbons (Fsp3) is 0.688. The molecule has 2 bridgehead atoms. The third-order valence-corrected chi connectivity index (χ3v) is 14.9. The molecule has 0 unspecified atom stereocenters. The van der Waals surface area contributed by atoms with Crippen LogP contribution in [0.4, 0.5) is 4.79 Å². The molecule has 12 heteroatoms. The first-order valence-electron chi connectivity index (χ1n) is 16.0. The van der Waals surface area contributed by atoms with E-state index in [0.29, 0.717) is 32.0 Å². The average molecular weight is 646 g/mol. The minimum atomic E-state index is -3.59. The molecule has 0 radical (unpaired) electrons. The zero-order valence-electron chi connectivity index (χ0n) is 26.2. The molecule has 2 aromatic rings. The number of rotatable bonds is 10. The van der Waals surface area contributed by atoms with Gasteiger partial charge in [-0.1, -0.05) is 38.1 Å². The molecule has 242 valence electrons. The summed E-state index contributed by atoms with van der Waals surface area (Å²) < 4.78 is 54.1. The Hall–Kier alpha value is -2.44. The SMILES string of the molecule is CC1(C)[C@@H]2CC[C@@]1(CS(=O)(=O)N1CCC3(CCc4ccccc43)CC1)[C@@H](NC(=O)N(CCc1cnc[nH]1)CCS(C)(=O)=O)C2. The van der Waals surface area contributed by atoms with Crippen LogP contribution in [0.2, 0.25) is 0 Å². The van der Waals surface area contributed by atoms with Crippen LogP contribution in [0, 0.1) is 16.7 Å². The second kappa shape index (κ2) is 11.4. The van der Waals surface area contributed by atoms with Gasteiger partial charge in [0.05, 0.1) is 17.8 Å². The van der Waals surface area contributed by atoms with E-state index in [0.717, 1.165) is 50.6 Å². The molecule has 1 aliphatic heterocycles. The highest BCUT2D eigenvalue weighted by atomic mass is 32.2. The van der Waals surface area contributed by atoms with Gasteiger partial charge in [0, 0.05) is 62.2 Å². The maximum Gasteiger partial charge on any atom is 0.317 e. The number of carbonyl (C=O) groups excluding carboxylic acids is 1. The summed E-state index contributed by atoms with van der Waals surface area (Å²) >= 11 is 0. The second-order valence-electron chi connectivity index (χ2n) is 14.4. The average Bonchev–Trinajstić information content (AvgIpc) is 3.71. The molecule has 1 saturated heterocycles. The van der Waals surface area contributed by atoms with Crippen molar-refractivity contribution in [3.63, 3.8) is 0 Å². The number of hydrogen-bond donors (Lipinski definition) is 2. The lowest BCUT2D eigenvalue weighted by Gasteiger charge is -2.45. The number of fused-ring (bicyclic) bond motifs is 4. The van der Waals surface area contributed by atoms with Crippen molar-refractivity contribution in [1.29, 1.82) is 0 Å². The third kappa shape index (κ3) is 5.70. The minimum absolute atomic E-state index is 0.0233. The van der Waals surface area contributed by atoms with E-state index in [1.165, 1.54) is 17.4 Å². The van der Waals surface area contributed by atoms with Gasteiger partial charge in [-0.2, -0.15) is 0 Å². The maximum absolute atomic E-state index is 14.2. The number of urea groups is 1. The molecule has 3 fully saturated rings. The summed E-state index contributed by atoms with van der Waals surface area (Å²) in [6, 6.07) is 7.99. The van der Waals surface area contributed by atoms with Crippen molar-refractivity contribution < 1.29 is 21.6 Å². The van der Waals surface area contributed by atoms with Crippen molar-refractivity contribution >= 4 is 25.9 Å². The zero-order valence-corrected chi connectivity index (χ0v) is 27.9. The number of aryl methyl sites for hydroxylation is 1. The highest BCUT2D eigenvalue weighted by molar-refractivity contribution is 7.90. The van der Waals surface area contributed by atoms with Crippen molar-refractivity contribution in [2.75, 3.05) is 43.9 Å². The monoisotopic (exact) mass is 645 g/mol. The number of aromatic amines is 1. The van der Waals surface area contributed by atoms with Crippen molar-refractivity contribution in [2.24, 2.45) is 16.7 Å². The first kappa shape index (κ1) is 31.5. The van der Waals surface area contributed by atoms with Crippen LogP contribution in [0.5, 0.6) is 0 Å². The topological polar surface area (TPSA) is 133 Å². The van der Waals surface area contributed by atoms with Gasteiger partial charge < -0.3 is 15.2 Å².